The molecule has 3 aromatic rings. The largest absolute Gasteiger partial charge is 0.516 e. The highest BCUT2D eigenvalue weighted by Gasteiger charge is 2.05. The molecule has 0 saturated carbocycles. The van der Waals surface area contributed by atoms with E-state index >= 15 is 0 Å². The number of aromatic nitrogens is 1. The lowest BCUT2D eigenvalue weighted by atomic mass is 10.1. The number of pyridine rings is 1. The van der Waals surface area contributed by atoms with Gasteiger partial charge in [0.25, 0.3) is 0 Å². The highest BCUT2D eigenvalue weighted by atomic mass is 16.5. The summed E-state index contributed by atoms with van der Waals surface area (Å²) in [6.45, 7) is 1.27. The predicted molar refractivity (Wildman–Crippen MR) is 125 cm³/mol. The van der Waals surface area contributed by atoms with Crippen molar-refractivity contribution < 1.29 is 19.3 Å². The molecule has 0 bridgehead atoms. The Labute approximate surface area is 184 Å². The summed E-state index contributed by atoms with van der Waals surface area (Å²) in [5, 5.41) is 8.41. The van der Waals surface area contributed by atoms with E-state index in [0.29, 0.717) is 19.1 Å². The van der Waals surface area contributed by atoms with Gasteiger partial charge in [0.2, 0.25) is 5.88 Å². The number of aliphatic hydroxyl groups excluding tert-OH is 1. The van der Waals surface area contributed by atoms with Crippen molar-refractivity contribution in [2.24, 2.45) is 0 Å². The number of ether oxygens (including phenoxy) is 3. The number of rotatable bonds is 8. The smallest absolute Gasteiger partial charge is 0.221 e. The van der Waals surface area contributed by atoms with Crippen LogP contribution < -0.4 is 4.74 Å². The average Bonchev–Trinajstić information content (AvgIpc) is 2.82. The van der Waals surface area contributed by atoms with Crippen molar-refractivity contribution in [3.63, 3.8) is 0 Å². The van der Waals surface area contributed by atoms with Gasteiger partial charge in [-0.15, -0.1) is 0 Å². The Morgan fingerprint density at radius 1 is 0.806 bits per heavy atom. The fourth-order valence-electron chi connectivity index (χ4n) is 2.83. The second kappa shape index (κ2) is 13.7. The molecule has 0 aliphatic heterocycles. The lowest BCUT2D eigenvalue weighted by Gasteiger charge is -2.07. The van der Waals surface area contributed by atoms with Crippen LogP contribution in [0.3, 0.4) is 0 Å². The predicted octanol–water partition coefficient (Wildman–Crippen LogP) is 5.82. The molecule has 2 aromatic carbocycles. The Balaban J connectivity index is 0.000000225. The van der Waals surface area contributed by atoms with Crippen molar-refractivity contribution in [2.75, 3.05) is 21.3 Å². The van der Waals surface area contributed by atoms with Gasteiger partial charge in [-0.2, -0.15) is 0 Å². The second-order valence-electron chi connectivity index (χ2n) is 6.57. The van der Waals surface area contributed by atoms with E-state index in [1.54, 1.807) is 39.7 Å². The van der Waals surface area contributed by atoms with Crippen molar-refractivity contribution in [2.45, 2.75) is 13.2 Å². The van der Waals surface area contributed by atoms with Crippen LogP contribution in [0.4, 0.5) is 0 Å². The summed E-state index contributed by atoms with van der Waals surface area (Å²) in [6.07, 6.45) is 8.01. The summed E-state index contributed by atoms with van der Waals surface area (Å²) in [7, 11) is 5.00. The Morgan fingerprint density at radius 3 is 1.97 bits per heavy atom. The minimum Gasteiger partial charge on any atom is -0.516 e. The number of allylic oxidation sites excluding steroid dienone is 2. The molecule has 1 heterocycles. The third kappa shape index (κ3) is 8.09. The van der Waals surface area contributed by atoms with Gasteiger partial charge in [-0.3, -0.25) is 0 Å². The fourth-order valence-corrected chi connectivity index (χ4v) is 2.83. The van der Waals surface area contributed by atoms with E-state index in [-0.39, 0.29) is 0 Å². The Bertz CT molecular complexity index is 948. The maximum Gasteiger partial charge on any atom is 0.221 e. The Hall–Kier alpha value is -3.41. The molecular formula is C26H29NO4. The normalized spacial score (nSPS) is 10.8. The van der Waals surface area contributed by atoms with Crippen LogP contribution in [0.5, 0.6) is 5.88 Å². The lowest BCUT2D eigenvalue weighted by molar-refractivity contribution is 0.185. The van der Waals surface area contributed by atoms with Crippen molar-refractivity contribution in [3.05, 3.63) is 102 Å². The number of benzene rings is 2. The van der Waals surface area contributed by atoms with Crippen LogP contribution in [0.15, 0.2) is 85.3 Å². The van der Waals surface area contributed by atoms with Crippen molar-refractivity contribution in [1.82, 2.24) is 4.98 Å². The van der Waals surface area contributed by atoms with Crippen molar-refractivity contribution in [3.8, 4) is 17.0 Å². The molecule has 3 rings (SSSR count). The summed E-state index contributed by atoms with van der Waals surface area (Å²) >= 11 is 0. The molecule has 5 heteroatoms. The topological polar surface area (TPSA) is 60.8 Å². The number of aliphatic hydroxyl groups is 1. The first kappa shape index (κ1) is 23.9. The number of methoxy groups -OCH3 is 3. The fraction of sp³-hybridized carbons (Fsp3) is 0.192. The third-order valence-electron chi connectivity index (χ3n) is 4.32. The molecule has 0 unspecified atom stereocenters. The highest BCUT2D eigenvalue weighted by Crippen LogP contribution is 2.27. The standard InChI is InChI=1S/C14H15NO2.C12H14O2/c1-16-10-11-5-7-12(8-6-11)13-4-3-9-15-14(13)17-2;1-14-10-12-7-5-11(6-8-12)4-2-3-9-13/h3-9H,10H2,1-2H3;2-9,13H,10H2,1H3/b;4-2+,9-3-. The molecule has 0 fully saturated rings. The second-order valence-corrected chi connectivity index (χ2v) is 6.57. The lowest BCUT2D eigenvalue weighted by Crippen LogP contribution is -1.91. The van der Waals surface area contributed by atoms with Gasteiger partial charge in [-0.05, 0) is 40.5 Å². The zero-order valence-electron chi connectivity index (χ0n) is 18.2. The maximum absolute atomic E-state index is 8.41. The zero-order valence-corrected chi connectivity index (χ0v) is 18.2. The molecular weight excluding hydrogens is 390 g/mol. The SMILES string of the molecule is COCc1ccc(-c2cccnc2OC)cc1.COCc1ccc(/C=C/C=C\O)cc1. The van der Waals surface area contributed by atoms with Crippen LogP contribution in [0.25, 0.3) is 17.2 Å². The summed E-state index contributed by atoms with van der Waals surface area (Å²) in [4.78, 5) is 4.19. The number of hydrogen-bond acceptors (Lipinski definition) is 5. The molecule has 0 atom stereocenters. The van der Waals surface area contributed by atoms with Crippen LogP contribution in [0.2, 0.25) is 0 Å². The summed E-state index contributed by atoms with van der Waals surface area (Å²) in [5.41, 5.74) is 5.50. The van der Waals surface area contributed by atoms with Gasteiger partial charge in [-0.25, -0.2) is 4.98 Å². The maximum atomic E-state index is 8.41. The van der Waals surface area contributed by atoms with Gasteiger partial charge >= 0.3 is 0 Å². The Morgan fingerprint density at radius 2 is 1.42 bits per heavy atom. The minimum atomic E-state index is 0.629. The van der Waals surface area contributed by atoms with Gasteiger partial charge in [-0.1, -0.05) is 60.7 Å². The summed E-state index contributed by atoms with van der Waals surface area (Å²) in [6, 6.07) is 20.2. The van der Waals surface area contributed by atoms with E-state index in [2.05, 4.69) is 4.98 Å². The molecule has 0 radical (unpaired) electrons. The minimum absolute atomic E-state index is 0.629. The number of nitrogens with zero attached hydrogens (tertiary/aromatic N) is 1. The Kier molecular flexibility index (Phi) is 10.6. The summed E-state index contributed by atoms with van der Waals surface area (Å²) < 4.78 is 15.3. The van der Waals surface area contributed by atoms with Crippen LogP contribution in [0.1, 0.15) is 16.7 Å². The molecule has 0 amide bonds. The van der Waals surface area contributed by atoms with Crippen LogP contribution in [0, 0.1) is 0 Å². The van der Waals surface area contributed by atoms with Crippen LogP contribution >= 0.6 is 0 Å². The van der Waals surface area contributed by atoms with Gasteiger partial charge < -0.3 is 19.3 Å². The van der Waals surface area contributed by atoms with E-state index < -0.39 is 0 Å². The van der Waals surface area contributed by atoms with E-state index in [0.717, 1.165) is 34.1 Å². The zero-order chi connectivity index (χ0) is 22.3. The van der Waals surface area contributed by atoms with E-state index in [9.17, 15) is 0 Å². The molecule has 0 aliphatic carbocycles. The van der Waals surface area contributed by atoms with Crippen LogP contribution in [-0.2, 0) is 22.7 Å². The summed E-state index contributed by atoms with van der Waals surface area (Å²) in [5.74, 6) is 0.645. The molecule has 0 aliphatic rings. The van der Waals surface area contributed by atoms with Gasteiger partial charge in [0, 0.05) is 26.0 Å². The van der Waals surface area contributed by atoms with E-state index in [1.165, 1.54) is 0 Å². The van der Waals surface area contributed by atoms with Crippen molar-refractivity contribution in [1.29, 1.82) is 0 Å². The third-order valence-corrected chi connectivity index (χ3v) is 4.32. The first-order chi connectivity index (χ1) is 15.2. The van der Waals surface area contributed by atoms with Gasteiger partial charge in [0.1, 0.15) is 0 Å². The van der Waals surface area contributed by atoms with Crippen LogP contribution in [-0.4, -0.2) is 31.4 Å². The van der Waals surface area contributed by atoms with E-state index in [1.807, 2.05) is 66.7 Å². The molecule has 1 N–H and O–H groups in total. The molecule has 0 saturated heterocycles. The quantitative estimate of drug-likeness (QED) is 0.368. The van der Waals surface area contributed by atoms with E-state index in [4.69, 9.17) is 19.3 Å². The first-order valence-electron chi connectivity index (χ1n) is 9.84. The van der Waals surface area contributed by atoms with Gasteiger partial charge in [0.05, 0.1) is 26.6 Å². The first-order valence-corrected chi connectivity index (χ1v) is 9.84. The molecule has 1 aromatic heterocycles. The highest BCUT2D eigenvalue weighted by molar-refractivity contribution is 5.68. The monoisotopic (exact) mass is 419 g/mol. The number of hydrogen-bond donors (Lipinski definition) is 1. The average molecular weight is 420 g/mol. The molecule has 0 spiro atoms. The molecule has 5 nitrogen and oxygen atoms in total. The molecule has 162 valence electrons. The van der Waals surface area contributed by atoms with Gasteiger partial charge in [0.15, 0.2) is 0 Å². The van der Waals surface area contributed by atoms with Crippen molar-refractivity contribution >= 4 is 6.08 Å². The molecule has 31 heavy (non-hydrogen) atoms.